The van der Waals surface area contributed by atoms with Crippen molar-refractivity contribution >= 4 is 11.9 Å². The summed E-state index contributed by atoms with van der Waals surface area (Å²) in [6, 6.07) is 5.26. The van der Waals surface area contributed by atoms with Crippen LogP contribution in [0.15, 0.2) is 18.2 Å². The van der Waals surface area contributed by atoms with Gasteiger partial charge in [-0.1, -0.05) is 25.5 Å². The maximum absolute atomic E-state index is 12.5. The van der Waals surface area contributed by atoms with E-state index in [0.29, 0.717) is 31.6 Å². The van der Waals surface area contributed by atoms with E-state index in [4.69, 9.17) is 5.73 Å². The molecule has 1 aliphatic heterocycles. The molecule has 0 aliphatic carbocycles. The van der Waals surface area contributed by atoms with Gasteiger partial charge >= 0.3 is 5.97 Å². The molecule has 0 saturated heterocycles. The van der Waals surface area contributed by atoms with Crippen molar-refractivity contribution in [1.29, 1.82) is 0 Å². The molecule has 1 aromatic carbocycles. The van der Waals surface area contributed by atoms with Crippen LogP contribution in [0.25, 0.3) is 0 Å². The molecule has 2 rings (SSSR count). The zero-order valence-corrected chi connectivity index (χ0v) is 12.3. The van der Waals surface area contributed by atoms with Crippen LogP contribution in [0.2, 0.25) is 0 Å². The van der Waals surface area contributed by atoms with E-state index < -0.39 is 5.97 Å². The molecule has 114 valence electrons. The molecule has 3 N–H and O–H groups in total. The summed E-state index contributed by atoms with van der Waals surface area (Å²) in [7, 11) is 0. The molecule has 0 fully saturated rings. The van der Waals surface area contributed by atoms with Crippen LogP contribution in [0.3, 0.4) is 0 Å². The van der Waals surface area contributed by atoms with Crippen molar-refractivity contribution < 1.29 is 14.7 Å². The second-order valence-electron chi connectivity index (χ2n) is 5.48. The van der Waals surface area contributed by atoms with E-state index in [9.17, 15) is 14.7 Å². The average molecular weight is 290 g/mol. The summed E-state index contributed by atoms with van der Waals surface area (Å²) in [5.74, 6) is -0.942. The summed E-state index contributed by atoms with van der Waals surface area (Å²) >= 11 is 0. The molecular formula is C16H22N2O3. The Kier molecular flexibility index (Phi) is 4.96. The SMILES string of the molecule is CCCC(CN)C(=O)N1CCc2c(cccc2C(=O)O)C1. The van der Waals surface area contributed by atoms with Gasteiger partial charge in [-0.25, -0.2) is 4.79 Å². The Morgan fingerprint density at radius 1 is 1.43 bits per heavy atom. The number of carboxylic acid groups (broad SMARTS) is 1. The zero-order valence-electron chi connectivity index (χ0n) is 12.3. The van der Waals surface area contributed by atoms with E-state index in [2.05, 4.69) is 0 Å². The van der Waals surface area contributed by atoms with Crippen molar-refractivity contribution in [2.24, 2.45) is 11.7 Å². The fraction of sp³-hybridized carbons (Fsp3) is 0.500. The minimum absolute atomic E-state index is 0.0886. The number of hydrogen-bond acceptors (Lipinski definition) is 3. The number of rotatable bonds is 5. The fourth-order valence-electron chi connectivity index (χ4n) is 2.95. The number of amides is 1. The maximum Gasteiger partial charge on any atom is 0.335 e. The number of hydrogen-bond donors (Lipinski definition) is 2. The van der Waals surface area contributed by atoms with Gasteiger partial charge in [0.2, 0.25) is 5.91 Å². The van der Waals surface area contributed by atoms with Gasteiger partial charge in [-0.15, -0.1) is 0 Å². The average Bonchev–Trinajstić information content (AvgIpc) is 2.50. The van der Waals surface area contributed by atoms with Gasteiger partial charge in [0.25, 0.3) is 0 Å². The summed E-state index contributed by atoms with van der Waals surface area (Å²) in [4.78, 5) is 25.5. The van der Waals surface area contributed by atoms with Crippen molar-refractivity contribution in [2.75, 3.05) is 13.1 Å². The van der Waals surface area contributed by atoms with Gasteiger partial charge in [-0.3, -0.25) is 4.79 Å². The van der Waals surface area contributed by atoms with E-state index in [1.54, 1.807) is 17.0 Å². The van der Waals surface area contributed by atoms with Gasteiger partial charge in [-0.2, -0.15) is 0 Å². The third kappa shape index (κ3) is 3.24. The van der Waals surface area contributed by atoms with Crippen LogP contribution in [-0.4, -0.2) is 35.0 Å². The van der Waals surface area contributed by atoms with Crippen LogP contribution in [0.4, 0.5) is 0 Å². The zero-order chi connectivity index (χ0) is 15.4. The third-order valence-electron chi connectivity index (χ3n) is 4.08. The molecule has 1 atom stereocenters. The van der Waals surface area contributed by atoms with E-state index >= 15 is 0 Å². The Balaban J connectivity index is 2.18. The maximum atomic E-state index is 12.5. The Morgan fingerprint density at radius 3 is 2.81 bits per heavy atom. The number of nitrogens with two attached hydrogens (primary N) is 1. The Bertz CT molecular complexity index is 542. The van der Waals surface area contributed by atoms with E-state index in [1.807, 2.05) is 13.0 Å². The van der Waals surface area contributed by atoms with Crippen molar-refractivity contribution in [1.82, 2.24) is 4.90 Å². The molecule has 1 aromatic rings. The summed E-state index contributed by atoms with van der Waals surface area (Å²) in [6.45, 7) is 3.46. The van der Waals surface area contributed by atoms with Gasteiger partial charge in [0.05, 0.1) is 11.5 Å². The van der Waals surface area contributed by atoms with Crippen molar-refractivity contribution in [3.8, 4) is 0 Å². The highest BCUT2D eigenvalue weighted by Crippen LogP contribution is 2.24. The quantitative estimate of drug-likeness (QED) is 0.863. The monoisotopic (exact) mass is 290 g/mol. The first kappa shape index (κ1) is 15.5. The van der Waals surface area contributed by atoms with E-state index in [1.165, 1.54) is 0 Å². The molecule has 21 heavy (non-hydrogen) atoms. The lowest BCUT2D eigenvalue weighted by molar-refractivity contribution is -0.136. The molecule has 0 spiro atoms. The number of fused-ring (bicyclic) bond motifs is 1. The van der Waals surface area contributed by atoms with Crippen LogP contribution in [0.5, 0.6) is 0 Å². The first-order chi connectivity index (χ1) is 10.1. The lowest BCUT2D eigenvalue weighted by atomic mass is 9.93. The highest BCUT2D eigenvalue weighted by atomic mass is 16.4. The number of aromatic carboxylic acids is 1. The third-order valence-corrected chi connectivity index (χ3v) is 4.08. The van der Waals surface area contributed by atoms with Gasteiger partial charge in [0, 0.05) is 19.6 Å². The first-order valence-corrected chi connectivity index (χ1v) is 7.41. The predicted octanol–water partition coefficient (Wildman–Crippen LogP) is 1.64. The number of carboxylic acids is 1. The molecule has 0 bridgehead atoms. The smallest absolute Gasteiger partial charge is 0.335 e. The van der Waals surface area contributed by atoms with Crippen LogP contribution >= 0.6 is 0 Å². The predicted molar refractivity (Wildman–Crippen MR) is 80.0 cm³/mol. The molecule has 5 heteroatoms. The Hall–Kier alpha value is -1.88. The summed E-state index contributed by atoms with van der Waals surface area (Å²) in [6.07, 6.45) is 2.32. The largest absolute Gasteiger partial charge is 0.478 e. The van der Waals surface area contributed by atoms with Crippen LogP contribution in [0.1, 0.15) is 41.3 Å². The second kappa shape index (κ2) is 6.72. The molecule has 0 aromatic heterocycles. The topological polar surface area (TPSA) is 83.6 Å². The standard InChI is InChI=1S/C16H22N2O3/c1-2-4-11(9-17)15(19)18-8-7-13-12(10-18)5-3-6-14(13)16(20)21/h3,5-6,11H,2,4,7-10,17H2,1H3,(H,20,21). The van der Waals surface area contributed by atoms with Crippen molar-refractivity contribution in [3.05, 3.63) is 34.9 Å². The molecular weight excluding hydrogens is 268 g/mol. The highest BCUT2D eigenvalue weighted by Gasteiger charge is 2.27. The summed E-state index contributed by atoms with van der Waals surface area (Å²) in [5, 5.41) is 9.22. The van der Waals surface area contributed by atoms with Crippen LogP contribution in [0, 0.1) is 5.92 Å². The molecule has 1 amide bonds. The molecule has 0 saturated carbocycles. The Labute approximate surface area is 124 Å². The normalized spacial score (nSPS) is 15.4. The minimum atomic E-state index is -0.905. The molecule has 5 nitrogen and oxygen atoms in total. The van der Waals surface area contributed by atoms with Crippen molar-refractivity contribution in [2.45, 2.75) is 32.7 Å². The minimum Gasteiger partial charge on any atom is -0.478 e. The van der Waals surface area contributed by atoms with Gasteiger partial charge in [0.1, 0.15) is 0 Å². The Morgan fingerprint density at radius 2 is 2.19 bits per heavy atom. The fourth-order valence-corrected chi connectivity index (χ4v) is 2.95. The number of carbonyl (C=O) groups excluding carboxylic acids is 1. The number of benzene rings is 1. The molecule has 1 heterocycles. The lowest BCUT2D eigenvalue weighted by Crippen LogP contribution is -2.42. The second-order valence-corrected chi connectivity index (χ2v) is 5.48. The first-order valence-electron chi connectivity index (χ1n) is 7.41. The van der Waals surface area contributed by atoms with Gasteiger partial charge in [-0.05, 0) is 30.0 Å². The summed E-state index contributed by atoms with van der Waals surface area (Å²) in [5.41, 5.74) is 7.84. The summed E-state index contributed by atoms with van der Waals surface area (Å²) < 4.78 is 0. The van der Waals surface area contributed by atoms with E-state index in [0.717, 1.165) is 24.0 Å². The van der Waals surface area contributed by atoms with Crippen LogP contribution in [-0.2, 0) is 17.8 Å². The van der Waals surface area contributed by atoms with Gasteiger partial charge < -0.3 is 15.7 Å². The van der Waals surface area contributed by atoms with Gasteiger partial charge in [0.15, 0.2) is 0 Å². The lowest BCUT2D eigenvalue weighted by Gasteiger charge is -2.32. The number of nitrogens with zero attached hydrogens (tertiary/aromatic N) is 1. The van der Waals surface area contributed by atoms with E-state index in [-0.39, 0.29) is 11.8 Å². The molecule has 1 unspecified atom stereocenters. The van der Waals surface area contributed by atoms with Crippen molar-refractivity contribution in [3.63, 3.8) is 0 Å². The van der Waals surface area contributed by atoms with Crippen LogP contribution < -0.4 is 5.73 Å². The number of carbonyl (C=O) groups is 2. The molecule has 1 aliphatic rings. The highest BCUT2D eigenvalue weighted by molar-refractivity contribution is 5.90. The molecule has 0 radical (unpaired) electrons.